The molecule has 5 heavy (non-hydrogen) atoms. The zero-order valence-corrected chi connectivity index (χ0v) is 2.43. The maximum absolute atomic E-state index is 9.23. The molecule has 2 N–H and O–H groups in total. The van der Waals surface area contributed by atoms with Crippen LogP contribution in [0.4, 0.5) is 0 Å². The van der Waals surface area contributed by atoms with Gasteiger partial charge in [-0.15, -0.1) is 0 Å². The highest BCUT2D eigenvalue weighted by Crippen LogP contribution is 1.37. The Hall–Kier alpha value is -1.04. The van der Waals surface area contributed by atoms with Gasteiger partial charge in [-0.25, -0.2) is 0 Å². The fraction of sp³-hybridized carbons (Fsp3) is 0. The first-order valence-electron chi connectivity index (χ1n) is 0.966. The Morgan fingerprint density at radius 1 is 2.00 bits per heavy atom. The van der Waals surface area contributed by atoms with Crippen molar-refractivity contribution in [3.8, 4) is 6.07 Å². The molecule has 0 radical (unpaired) electrons. The van der Waals surface area contributed by atoms with Crippen molar-refractivity contribution in [2.24, 2.45) is 5.73 Å². The van der Waals surface area contributed by atoms with Crippen LogP contribution < -0.4 is 5.73 Å². The first-order valence-corrected chi connectivity index (χ1v) is 0.966. The molecule has 0 saturated heterocycles. The Balaban J connectivity index is 3.35. The predicted molar refractivity (Wildman–Crippen MR) is 14.8 cm³/mol. The average Bonchev–Trinajstić information content (AvgIpc) is 1.38. The van der Waals surface area contributed by atoms with Gasteiger partial charge in [0.25, 0.3) is 0 Å². The molecule has 3 heteroatoms. The Morgan fingerprint density at radius 2 is 2.20 bits per heavy atom. The fourth-order valence-corrected chi connectivity index (χ4v) is 0. The molecule has 0 atom stereocenters. The molecule has 0 aromatic carbocycles. The van der Waals surface area contributed by atoms with Crippen molar-refractivity contribution in [3.05, 3.63) is 0 Å². The van der Waals surface area contributed by atoms with E-state index in [4.69, 9.17) is 5.26 Å². The molecule has 0 aromatic heterocycles. The third-order valence-electron chi connectivity index (χ3n) is 0.110. The number of carbonyl (C=O) groups is 1. The van der Waals surface area contributed by atoms with Gasteiger partial charge in [0.15, 0.2) is 6.07 Å². The molecule has 0 aliphatic rings. The Morgan fingerprint density at radius 3 is 2.20 bits per heavy atom. The van der Waals surface area contributed by atoms with Gasteiger partial charge in [-0.2, -0.15) is 5.26 Å². The second kappa shape index (κ2) is 1.30. The van der Waals surface area contributed by atoms with Crippen LogP contribution in [0.1, 0.15) is 0 Å². The highest BCUT2D eigenvalue weighted by molar-refractivity contribution is 5.89. The van der Waals surface area contributed by atoms with E-state index in [0.717, 1.165) is 0 Å². The Bertz CT molecular complexity index is 80.1. The van der Waals surface area contributed by atoms with E-state index in [1.165, 1.54) is 6.07 Å². The largest absolute Gasteiger partial charge is 0.357 e. The van der Waals surface area contributed by atoms with Crippen LogP contribution in [0.15, 0.2) is 0 Å². The maximum Gasteiger partial charge on any atom is 0.319 e. The van der Waals surface area contributed by atoms with Crippen LogP contribution in [-0.4, -0.2) is 5.91 Å². The summed E-state index contributed by atoms with van der Waals surface area (Å²) in [6.07, 6.45) is 0. The lowest BCUT2D eigenvalue weighted by Gasteiger charge is -1.56. The molecule has 0 aliphatic carbocycles. The van der Waals surface area contributed by atoms with E-state index in [1.807, 2.05) is 0 Å². The van der Waals surface area contributed by atoms with Crippen molar-refractivity contribution < 1.29 is 4.79 Å². The van der Waals surface area contributed by atoms with E-state index in [1.54, 1.807) is 0 Å². The molecule has 26 valence electrons. The maximum atomic E-state index is 9.23. The van der Waals surface area contributed by atoms with Crippen molar-refractivity contribution >= 4 is 5.91 Å². The second-order valence-corrected chi connectivity index (χ2v) is 0.476. The van der Waals surface area contributed by atoms with E-state index in [9.17, 15) is 4.79 Å². The molecule has 0 aromatic rings. The SMILES string of the molecule is N#CC(N)=O. The van der Waals surface area contributed by atoms with Gasteiger partial charge in [0.1, 0.15) is 0 Å². The summed E-state index contributed by atoms with van der Waals surface area (Å²) in [5.41, 5.74) is 4.29. The van der Waals surface area contributed by atoms with E-state index in [0.29, 0.717) is 0 Å². The van der Waals surface area contributed by atoms with Crippen LogP contribution in [0.2, 0.25) is 0 Å². The van der Waals surface area contributed by atoms with Crippen LogP contribution in [0.5, 0.6) is 0 Å². The minimum atomic E-state index is -0.940. The number of carbonyl (C=O) groups excluding carboxylic acids is 1. The van der Waals surface area contributed by atoms with Gasteiger partial charge in [-0.1, -0.05) is 0 Å². The predicted octanol–water partition coefficient (Wildman–Crippen LogP) is -1.00. The van der Waals surface area contributed by atoms with Crippen LogP contribution in [0.3, 0.4) is 0 Å². The molecule has 0 spiro atoms. The summed E-state index contributed by atoms with van der Waals surface area (Å²) in [6.45, 7) is 0. The molecule has 3 nitrogen and oxygen atoms in total. The number of primary amides is 1. The second-order valence-electron chi connectivity index (χ2n) is 0.476. The first-order chi connectivity index (χ1) is 2.27. The summed E-state index contributed by atoms with van der Waals surface area (Å²) < 4.78 is 0. The van der Waals surface area contributed by atoms with Crippen molar-refractivity contribution in [3.63, 3.8) is 0 Å². The number of nitriles is 1. The van der Waals surface area contributed by atoms with Crippen LogP contribution in [0, 0.1) is 11.3 Å². The summed E-state index contributed by atoms with van der Waals surface area (Å²) in [7, 11) is 0. The quantitative estimate of drug-likeness (QED) is 0.371. The monoisotopic (exact) mass is 70.0 g/mol. The summed E-state index contributed by atoms with van der Waals surface area (Å²) >= 11 is 0. The molecule has 0 rings (SSSR count). The lowest BCUT2D eigenvalue weighted by molar-refractivity contribution is -0.113. The Labute approximate surface area is 29.0 Å². The van der Waals surface area contributed by atoms with Crippen LogP contribution >= 0.6 is 0 Å². The smallest absolute Gasteiger partial charge is 0.319 e. The van der Waals surface area contributed by atoms with Gasteiger partial charge < -0.3 is 5.73 Å². The fourth-order valence-electron chi connectivity index (χ4n) is 0. The molecule has 0 aliphatic heterocycles. The normalized spacial score (nSPS) is 5.40. The van der Waals surface area contributed by atoms with Gasteiger partial charge >= 0.3 is 5.91 Å². The lowest BCUT2D eigenvalue weighted by Crippen LogP contribution is -2.05. The van der Waals surface area contributed by atoms with E-state index in [-0.39, 0.29) is 0 Å². The van der Waals surface area contributed by atoms with Crippen molar-refractivity contribution in [2.75, 3.05) is 0 Å². The zero-order chi connectivity index (χ0) is 4.28. The topological polar surface area (TPSA) is 66.9 Å². The molecule has 0 fully saturated rings. The number of nitrogens with zero attached hydrogens (tertiary/aromatic N) is 1. The Kier molecular flexibility index (Phi) is 1.03. The summed E-state index contributed by atoms with van der Waals surface area (Å²) in [5, 5.41) is 7.42. The standard InChI is InChI=1S/C2H2N2O/c3-1-2(4)5/h(H2,4,5). The van der Waals surface area contributed by atoms with Crippen molar-refractivity contribution in [2.45, 2.75) is 0 Å². The van der Waals surface area contributed by atoms with Gasteiger partial charge in [-0.3, -0.25) is 4.79 Å². The van der Waals surface area contributed by atoms with Gasteiger partial charge in [0.2, 0.25) is 0 Å². The molecule has 0 heterocycles. The van der Waals surface area contributed by atoms with Gasteiger partial charge in [0.05, 0.1) is 0 Å². The highest BCUT2D eigenvalue weighted by atomic mass is 16.1. The molecular weight excluding hydrogens is 68.0 g/mol. The highest BCUT2D eigenvalue weighted by Gasteiger charge is 1.75. The van der Waals surface area contributed by atoms with Gasteiger partial charge in [0, 0.05) is 0 Å². The number of hydrogen-bond donors (Lipinski definition) is 1. The first kappa shape index (κ1) is 3.96. The summed E-state index contributed by atoms with van der Waals surface area (Å²) in [4.78, 5) is 9.23. The number of hydrogen-bond acceptors (Lipinski definition) is 2. The molecular formula is C2H2N2O. The third-order valence-corrected chi connectivity index (χ3v) is 0.110. The average molecular weight is 70.1 g/mol. The zero-order valence-electron chi connectivity index (χ0n) is 2.43. The molecule has 1 amide bonds. The molecule has 0 unspecified atom stereocenters. The number of rotatable bonds is 0. The van der Waals surface area contributed by atoms with Crippen molar-refractivity contribution in [1.29, 1.82) is 5.26 Å². The number of amides is 1. The van der Waals surface area contributed by atoms with E-state index < -0.39 is 5.91 Å². The van der Waals surface area contributed by atoms with Gasteiger partial charge in [-0.05, 0) is 0 Å². The number of nitrogens with two attached hydrogens (primary N) is 1. The minimum absolute atomic E-state index is 0.940. The summed E-state index contributed by atoms with van der Waals surface area (Å²) in [5.74, 6) is -0.940. The van der Waals surface area contributed by atoms with Crippen LogP contribution in [-0.2, 0) is 4.79 Å². The third kappa shape index (κ3) is 2.96. The molecule has 0 saturated carbocycles. The summed E-state index contributed by atoms with van der Waals surface area (Å²) in [6, 6.07) is 1.17. The molecule has 0 bridgehead atoms. The van der Waals surface area contributed by atoms with E-state index >= 15 is 0 Å². The minimum Gasteiger partial charge on any atom is -0.357 e. The van der Waals surface area contributed by atoms with Crippen molar-refractivity contribution in [1.82, 2.24) is 0 Å². The van der Waals surface area contributed by atoms with Crippen LogP contribution in [0.25, 0.3) is 0 Å². The lowest BCUT2D eigenvalue weighted by atomic mass is 10.7. The van der Waals surface area contributed by atoms with E-state index in [2.05, 4.69) is 5.73 Å².